The van der Waals surface area contributed by atoms with Crippen LogP contribution in [0.25, 0.3) is 11.0 Å². The minimum atomic E-state index is -0.462. The van der Waals surface area contributed by atoms with Crippen molar-refractivity contribution in [3.05, 3.63) is 33.6 Å². The molecule has 0 bridgehead atoms. The molecule has 0 spiro atoms. The van der Waals surface area contributed by atoms with E-state index in [1.165, 1.54) is 6.07 Å². The number of aromatic nitrogens is 2. The second-order valence-corrected chi connectivity index (χ2v) is 3.15. The first kappa shape index (κ1) is 9.32. The third-order valence-corrected chi connectivity index (χ3v) is 2.13. The Balaban J connectivity index is 2.73. The van der Waals surface area contributed by atoms with Gasteiger partial charge in [-0.1, -0.05) is 0 Å². The minimum absolute atomic E-state index is 0.0172. The number of carbonyl (C=O) groups is 1. The molecule has 0 amide bonds. The van der Waals surface area contributed by atoms with Gasteiger partial charge in [0.1, 0.15) is 0 Å². The van der Waals surface area contributed by atoms with Crippen molar-refractivity contribution in [3.63, 3.8) is 0 Å². The number of H-pyrrole nitrogens is 1. The molecule has 15 heavy (non-hydrogen) atoms. The highest BCUT2D eigenvalue weighted by Gasteiger charge is 2.13. The molecule has 1 N–H and O–H groups in total. The van der Waals surface area contributed by atoms with Gasteiger partial charge >= 0.3 is 0 Å². The van der Waals surface area contributed by atoms with Crippen LogP contribution in [0.2, 0.25) is 0 Å². The van der Waals surface area contributed by atoms with E-state index in [4.69, 9.17) is 0 Å². The van der Waals surface area contributed by atoms with Gasteiger partial charge in [-0.15, -0.1) is 0 Å². The Morgan fingerprint density at radius 2 is 2.27 bits per heavy atom. The SMILES string of the molecule is Cc1cc2nc(C=O)[nH]c2cc1[N+](=O)[O-]. The van der Waals surface area contributed by atoms with E-state index in [9.17, 15) is 14.9 Å². The Hall–Kier alpha value is -2.24. The molecule has 76 valence electrons. The summed E-state index contributed by atoms with van der Waals surface area (Å²) in [5.74, 6) is 0.171. The number of nitro benzene ring substituents is 1. The zero-order valence-electron chi connectivity index (χ0n) is 7.85. The van der Waals surface area contributed by atoms with Gasteiger partial charge in [0, 0.05) is 11.6 Å². The van der Waals surface area contributed by atoms with Crippen molar-refractivity contribution in [1.29, 1.82) is 0 Å². The summed E-state index contributed by atoms with van der Waals surface area (Å²) in [6, 6.07) is 2.96. The summed E-state index contributed by atoms with van der Waals surface area (Å²) in [4.78, 5) is 27.3. The molecule has 0 radical (unpaired) electrons. The number of nitrogens with zero attached hydrogens (tertiary/aromatic N) is 2. The first-order valence-electron chi connectivity index (χ1n) is 4.22. The molecule has 1 aromatic heterocycles. The van der Waals surface area contributed by atoms with Gasteiger partial charge in [0.05, 0.1) is 16.0 Å². The van der Waals surface area contributed by atoms with Crippen molar-refractivity contribution in [2.45, 2.75) is 6.92 Å². The summed E-state index contributed by atoms with van der Waals surface area (Å²) in [5.41, 5.74) is 1.59. The standard InChI is InChI=1S/C9H7N3O3/c1-5-2-6-7(3-8(5)12(14)15)11-9(4-13)10-6/h2-4H,1H3,(H,10,11). The fourth-order valence-electron chi connectivity index (χ4n) is 1.42. The summed E-state index contributed by atoms with van der Waals surface area (Å²) < 4.78 is 0. The Morgan fingerprint density at radius 1 is 1.53 bits per heavy atom. The lowest BCUT2D eigenvalue weighted by atomic mass is 10.2. The largest absolute Gasteiger partial charge is 0.336 e. The number of aldehydes is 1. The molecular weight excluding hydrogens is 198 g/mol. The Bertz CT molecular complexity index is 559. The monoisotopic (exact) mass is 205 g/mol. The number of aryl methyl sites for hydroxylation is 1. The molecule has 0 saturated heterocycles. The predicted molar refractivity (Wildman–Crippen MR) is 52.9 cm³/mol. The number of rotatable bonds is 2. The van der Waals surface area contributed by atoms with Crippen LogP contribution in [0, 0.1) is 17.0 Å². The summed E-state index contributed by atoms with van der Waals surface area (Å²) in [6.45, 7) is 1.63. The lowest BCUT2D eigenvalue weighted by Gasteiger charge is -1.95. The molecule has 0 aliphatic heterocycles. The van der Waals surface area contributed by atoms with E-state index >= 15 is 0 Å². The summed E-state index contributed by atoms with van der Waals surface area (Å²) in [6.07, 6.45) is 0.571. The quantitative estimate of drug-likeness (QED) is 0.458. The number of nitro groups is 1. The van der Waals surface area contributed by atoms with Gasteiger partial charge < -0.3 is 4.98 Å². The average Bonchev–Trinajstić information content (AvgIpc) is 2.58. The molecule has 0 aliphatic carbocycles. The predicted octanol–water partition coefficient (Wildman–Crippen LogP) is 1.59. The number of hydrogen-bond acceptors (Lipinski definition) is 4. The van der Waals surface area contributed by atoms with E-state index in [0.717, 1.165) is 0 Å². The van der Waals surface area contributed by atoms with E-state index in [-0.39, 0.29) is 11.5 Å². The normalized spacial score (nSPS) is 10.5. The highest BCUT2D eigenvalue weighted by Crippen LogP contribution is 2.23. The van der Waals surface area contributed by atoms with Gasteiger partial charge in [-0.2, -0.15) is 0 Å². The lowest BCUT2D eigenvalue weighted by Crippen LogP contribution is -1.91. The minimum Gasteiger partial charge on any atom is -0.336 e. The number of benzene rings is 1. The number of hydrogen-bond donors (Lipinski definition) is 1. The summed E-state index contributed by atoms with van der Waals surface area (Å²) in [5, 5.41) is 10.6. The second-order valence-electron chi connectivity index (χ2n) is 3.15. The molecular formula is C9H7N3O3. The third-order valence-electron chi connectivity index (χ3n) is 2.13. The maximum absolute atomic E-state index is 10.6. The number of carbonyl (C=O) groups excluding carboxylic acids is 1. The van der Waals surface area contributed by atoms with Crippen molar-refractivity contribution >= 4 is 23.0 Å². The van der Waals surface area contributed by atoms with E-state index in [2.05, 4.69) is 9.97 Å². The van der Waals surface area contributed by atoms with Crippen LogP contribution in [0.4, 0.5) is 5.69 Å². The molecule has 1 aromatic carbocycles. The van der Waals surface area contributed by atoms with Gasteiger partial charge in [-0.25, -0.2) is 4.98 Å². The van der Waals surface area contributed by atoms with Crippen molar-refractivity contribution < 1.29 is 9.72 Å². The van der Waals surface area contributed by atoms with Crippen molar-refractivity contribution in [1.82, 2.24) is 9.97 Å². The van der Waals surface area contributed by atoms with Crippen LogP contribution in [0.3, 0.4) is 0 Å². The zero-order chi connectivity index (χ0) is 11.0. The van der Waals surface area contributed by atoms with Crippen molar-refractivity contribution in [2.75, 3.05) is 0 Å². The molecule has 0 fully saturated rings. The van der Waals surface area contributed by atoms with Crippen LogP contribution in [-0.2, 0) is 0 Å². The number of fused-ring (bicyclic) bond motifs is 1. The average molecular weight is 205 g/mol. The molecule has 0 unspecified atom stereocenters. The Labute approximate surface area is 84.1 Å². The van der Waals surface area contributed by atoms with Gasteiger partial charge in [0.2, 0.25) is 0 Å². The fraction of sp³-hybridized carbons (Fsp3) is 0.111. The molecule has 2 rings (SSSR count). The molecule has 0 aliphatic rings. The number of nitrogens with one attached hydrogen (secondary N) is 1. The van der Waals surface area contributed by atoms with Gasteiger partial charge in [-0.05, 0) is 13.0 Å². The Kier molecular flexibility index (Phi) is 1.96. The van der Waals surface area contributed by atoms with Crippen LogP contribution < -0.4 is 0 Å². The van der Waals surface area contributed by atoms with Crippen molar-refractivity contribution in [3.8, 4) is 0 Å². The topological polar surface area (TPSA) is 88.9 Å². The smallest absolute Gasteiger partial charge is 0.274 e. The maximum atomic E-state index is 10.6. The first-order valence-corrected chi connectivity index (χ1v) is 4.22. The van der Waals surface area contributed by atoms with E-state index in [1.54, 1.807) is 13.0 Å². The van der Waals surface area contributed by atoms with E-state index in [1.807, 2.05) is 0 Å². The second kappa shape index (κ2) is 3.16. The van der Waals surface area contributed by atoms with E-state index in [0.29, 0.717) is 22.9 Å². The van der Waals surface area contributed by atoms with Gasteiger partial charge in [0.25, 0.3) is 5.69 Å². The highest BCUT2D eigenvalue weighted by molar-refractivity contribution is 5.84. The van der Waals surface area contributed by atoms with Crippen molar-refractivity contribution in [2.24, 2.45) is 0 Å². The molecule has 6 heteroatoms. The van der Waals surface area contributed by atoms with Crippen LogP contribution in [-0.4, -0.2) is 21.2 Å². The summed E-state index contributed by atoms with van der Waals surface area (Å²) >= 11 is 0. The van der Waals surface area contributed by atoms with Gasteiger partial charge in [0.15, 0.2) is 12.1 Å². The van der Waals surface area contributed by atoms with Crippen LogP contribution in [0.15, 0.2) is 12.1 Å². The van der Waals surface area contributed by atoms with Crippen LogP contribution >= 0.6 is 0 Å². The van der Waals surface area contributed by atoms with Crippen LogP contribution in [0.1, 0.15) is 16.2 Å². The number of aromatic amines is 1. The maximum Gasteiger partial charge on any atom is 0.274 e. The van der Waals surface area contributed by atoms with E-state index < -0.39 is 4.92 Å². The first-order chi connectivity index (χ1) is 7.11. The molecule has 0 atom stereocenters. The number of imidazole rings is 1. The fourth-order valence-corrected chi connectivity index (χ4v) is 1.42. The van der Waals surface area contributed by atoms with Crippen LogP contribution in [0.5, 0.6) is 0 Å². The van der Waals surface area contributed by atoms with Gasteiger partial charge in [-0.3, -0.25) is 14.9 Å². The Morgan fingerprint density at radius 3 is 2.87 bits per heavy atom. The highest BCUT2D eigenvalue weighted by atomic mass is 16.6. The lowest BCUT2D eigenvalue weighted by molar-refractivity contribution is -0.385. The molecule has 2 aromatic rings. The molecule has 1 heterocycles. The molecule has 6 nitrogen and oxygen atoms in total. The summed E-state index contributed by atoms with van der Waals surface area (Å²) in [7, 11) is 0. The third kappa shape index (κ3) is 1.45. The zero-order valence-corrected chi connectivity index (χ0v) is 7.85. The molecule has 0 saturated carbocycles.